The number of fused-ring (bicyclic) bond motifs is 1. The van der Waals surface area contributed by atoms with Gasteiger partial charge in [0.25, 0.3) is 0 Å². The summed E-state index contributed by atoms with van der Waals surface area (Å²) in [6, 6.07) is 18.4. The maximum absolute atomic E-state index is 5.70. The molecule has 0 spiro atoms. The standard InChI is InChI=1S/C16H14BrNOS/c17-13-5-7-14(8-6-13)19-9-10-20-16-11-12-3-1-2-4-15(12)18-16/h1-8,11,18H,9-10H2. The van der Waals surface area contributed by atoms with E-state index in [-0.39, 0.29) is 0 Å². The summed E-state index contributed by atoms with van der Waals surface area (Å²) in [7, 11) is 0. The van der Waals surface area contributed by atoms with Crippen LogP contribution in [0.25, 0.3) is 10.9 Å². The summed E-state index contributed by atoms with van der Waals surface area (Å²) in [4.78, 5) is 3.40. The smallest absolute Gasteiger partial charge is 0.119 e. The Hall–Kier alpha value is -1.39. The summed E-state index contributed by atoms with van der Waals surface area (Å²) in [5.74, 6) is 1.83. The van der Waals surface area contributed by atoms with Gasteiger partial charge in [-0.3, -0.25) is 0 Å². The highest BCUT2D eigenvalue weighted by Crippen LogP contribution is 2.23. The number of hydrogen-bond acceptors (Lipinski definition) is 2. The molecule has 0 atom stereocenters. The number of H-pyrrole nitrogens is 1. The third-order valence-electron chi connectivity index (χ3n) is 2.93. The van der Waals surface area contributed by atoms with Crippen molar-refractivity contribution in [3.63, 3.8) is 0 Å². The van der Waals surface area contributed by atoms with E-state index >= 15 is 0 Å². The van der Waals surface area contributed by atoms with Gasteiger partial charge in [-0.2, -0.15) is 0 Å². The quantitative estimate of drug-likeness (QED) is 0.512. The van der Waals surface area contributed by atoms with Crippen molar-refractivity contribution in [2.24, 2.45) is 0 Å². The van der Waals surface area contributed by atoms with E-state index in [2.05, 4.69) is 45.2 Å². The van der Waals surface area contributed by atoms with Gasteiger partial charge in [0.1, 0.15) is 5.75 Å². The molecule has 4 heteroatoms. The van der Waals surface area contributed by atoms with Crippen molar-refractivity contribution in [2.45, 2.75) is 5.03 Å². The van der Waals surface area contributed by atoms with Gasteiger partial charge in [-0.25, -0.2) is 0 Å². The number of thioether (sulfide) groups is 1. The number of hydrogen-bond donors (Lipinski definition) is 1. The predicted molar refractivity (Wildman–Crippen MR) is 88.7 cm³/mol. The van der Waals surface area contributed by atoms with Crippen molar-refractivity contribution < 1.29 is 4.74 Å². The van der Waals surface area contributed by atoms with E-state index in [0.29, 0.717) is 6.61 Å². The Morgan fingerprint density at radius 1 is 1.05 bits per heavy atom. The van der Waals surface area contributed by atoms with Crippen LogP contribution in [0.2, 0.25) is 0 Å². The average molecular weight is 348 g/mol. The van der Waals surface area contributed by atoms with Crippen LogP contribution >= 0.6 is 27.7 Å². The molecule has 0 saturated heterocycles. The molecule has 0 bridgehead atoms. The SMILES string of the molecule is Brc1ccc(OCCSc2cc3ccccc3[nH]2)cc1. The molecule has 1 N–H and O–H groups in total. The molecule has 0 fully saturated rings. The zero-order valence-electron chi connectivity index (χ0n) is 10.8. The van der Waals surface area contributed by atoms with Gasteiger partial charge in [0.15, 0.2) is 0 Å². The highest BCUT2D eigenvalue weighted by molar-refractivity contribution is 9.10. The second-order valence-corrected chi connectivity index (χ2v) is 6.42. The van der Waals surface area contributed by atoms with Gasteiger partial charge in [0.2, 0.25) is 0 Å². The second kappa shape index (κ2) is 6.37. The lowest BCUT2D eigenvalue weighted by atomic mass is 10.3. The lowest BCUT2D eigenvalue weighted by Gasteiger charge is -2.05. The Morgan fingerprint density at radius 2 is 1.85 bits per heavy atom. The number of para-hydroxylation sites is 1. The average Bonchev–Trinajstić information content (AvgIpc) is 2.88. The summed E-state index contributed by atoms with van der Waals surface area (Å²) in [6.45, 7) is 0.696. The number of nitrogens with one attached hydrogen (secondary N) is 1. The van der Waals surface area contributed by atoms with E-state index in [4.69, 9.17) is 4.74 Å². The summed E-state index contributed by atoms with van der Waals surface area (Å²) in [5, 5.41) is 2.44. The van der Waals surface area contributed by atoms with Crippen LogP contribution in [0.5, 0.6) is 5.75 Å². The van der Waals surface area contributed by atoms with Crippen molar-refractivity contribution >= 4 is 38.6 Å². The highest BCUT2D eigenvalue weighted by Gasteiger charge is 2.01. The molecule has 0 aliphatic heterocycles. The van der Waals surface area contributed by atoms with Crippen LogP contribution in [0.15, 0.2) is 64.1 Å². The maximum Gasteiger partial charge on any atom is 0.119 e. The number of aromatic amines is 1. The first kappa shape index (κ1) is 13.6. The summed E-state index contributed by atoms with van der Waals surface area (Å²) < 4.78 is 6.77. The molecular formula is C16H14BrNOS. The van der Waals surface area contributed by atoms with E-state index in [0.717, 1.165) is 16.0 Å². The van der Waals surface area contributed by atoms with Crippen molar-refractivity contribution in [3.8, 4) is 5.75 Å². The number of aromatic nitrogens is 1. The molecule has 3 aromatic rings. The van der Waals surface area contributed by atoms with Gasteiger partial charge in [0, 0.05) is 21.1 Å². The van der Waals surface area contributed by atoms with E-state index in [1.165, 1.54) is 15.9 Å². The molecule has 2 nitrogen and oxygen atoms in total. The van der Waals surface area contributed by atoms with Crippen LogP contribution in [0.3, 0.4) is 0 Å². The normalized spacial score (nSPS) is 10.8. The van der Waals surface area contributed by atoms with Crippen LogP contribution in [0.4, 0.5) is 0 Å². The van der Waals surface area contributed by atoms with Gasteiger partial charge >= 0.3 is 0 Å². The minimum absolute atomic E-state index is 0.696. The van der Waals surface area contributed by atoms with Gasteiger partial charge in [-0.05, 0) is 36.4 Å². The fourth-order valence-corrected chi connectivity index (χ4v) is 3.01. The molecule has 2 aromatic carbocycles. The number of rotatable bonds is 5. The Kier molecular flexibility index (Phi) is 4.33. The molecular weight excluding hydrogens is 334 g/mol. The minimum Gasteiger partial charge on any atom is -0.493 e. The van der Waals surface area contributed by atoms with E-state index in [1.807, 2.05) is 30.3 Å². The van der Waals surface area contributed by atoms with Crippen LogP contribution < -0.4 is 4.74 Å². The molecule has 0 aliphatic rings. The molecule has 0 saturated carbocycles. The van der Waals surface area contributed by atoms with Gasteiger partial charge in [-0.1, -0.05) is 34.1 Å². The first-order valence-corrected chi connectivity index (χ1v) is 8.18. The first-order valence-electron chi connectivity index (χ1n) is 6.40. The van der Waals surface area contributed by atoms with Crippen LogP contribution in [-0.2, 0) is 0 Å². The summed E-state index contributed by atoms with van der Waals surface area (Å²) in [5.41, 5.74) is 1.18. The van der Waals surface area contributed by atoms with Crippen molar-refractivity contribution in [1.29, 1.82) is 0 Å². The fourth-order valence-electron chi connectivity index (χ4n) is 1.97. The van der Waals surface area contributed by atoms with E-state index in [1.54, 1.807) is 11.8 Å². The number of benzene rings is 2. The van der Waals surface area contributed by atoms with Gasteiger partial charge in [-0.15, -0.1) is 11.8 Å². The van der Waals surface area contributed by atoms with Crippen molar-refractivity contribution in [2.75, 3.05) is 12.4 Å². The zero-order valence-corrected chi connectivity index (χ0v) is 13.2. The number of ether oxygens (including phenoxy) is 1. The van der Waals surface area contributed by atoms with Crippen molar-refractivity contribution in [1.82, 2.24) is 4.98 Å². The monoisotopic (exact) mass is 347 g/mol. The maximum atomic E-state index is 5.70. The fraction of sp³-hybridized carbons (Fsp3) is 0.125. The Labute approximate surface area is 130 Å². The van der Waals surface area contributed by atoms with Gasteiger partial charge < -0.3 is 9.72 Å². The number of halogens is 1. The molecule has 0 aliphatic carbocycles. The molecule has 1 heterocycles. The molecule has 20 heavy (non-hydrogen) atoms. The van der Waals surface area contributed by atoms with Crippen LogP contribution in [-0.4, -0.2) is 17.3 Å². The summed E-state index contributed by atoms with van der Waals surface area (Å²) >= 11 is 5.19. The molecule has 0 radical (unpaired) electrons. The topological polar surface area (TPSA) is 25.0 Å². The Bertz CT molecular complexity index is 660. The minimum atomic E-state index is 0.696. The summed E-state index contributed by atoms with van der Waals surface area (Å²) in [6.07, 6.45) is 0. The lowest BCUT2D eigenvalue weighted by Crippen LogP contribution is -1.99. The van der Waals surface area contributed by atoms with Crippen LogP contribution in [0.1, 0.15) is 0 Å². The molecule has 0 unspecified atom stereocenters. The van der Waals surface area contributed by atoms with Crippen LogP contribution in [0, 0.1) is 0 Å². The lowest BCUT2D eigenvalue weighted by molar-refractivity contribution is 0.344. The second-order valence-electron chi connectivity index (χ2n) is 4.37. The zero-order chi connectivity index (χ0) is 13.8. The molecule has 1 aromatic heterocycles. The largest absolute Gasteiger partial charge is 0.493 e. The van der Waals surface area contributed by atoms with E-state index < -0.39 is 0 Å². The third-order valence-corrected chi connectivity index (χ3v) is 4.36. The highest BCUT2D eigenvalue weighted by atomic mass is 79.9. The molecule has 3 rings (SSSR count). The van der Waals surface area contributed by atoms with Crippen molar-refractivity contribution in [3.05, 3.63) is 59.1 Å². The third kappa shape index (κ3) is 3.38. The molecule has 102 valence electrons. The van der Waals surface area contributed by atoms with E-state index in [9.17, 15) is 0 Å². The Morgan fingerprint density at radius 3 is 2.65 bits per heavy atom. The first-order chi connectivity index (χ1) is 9.81. The predicted octanol–water partition coefficient (Wildman–Crippen LogP) is 5.10. The molecule has 0 amide bonds. The van der Waals surface area contributed by atoms with Gasteiger partial charge in [0.05, 0.1) is 11.6 Å². The Balaban J connectivity index is 1.51.